The van der Waals surface area contributed by atoms with Gasteiger partial charge in [-0.3, -0.25) is 9.36 Å². The molecule has 0 unspecified atom stereocenters. The van der Waals surface area contributed by atoms with Crippen LogP contribution in [0.1, 0.15) is 5.56 Å². The van der Waals surface area contributed by atoms with E-state index < -0.39 is 17.1 Å². The van der Waals surface area contributed by atoms with Gasteiger partial charge in [0.25, 0.3) is 5.56 Å². The maximum absolute atomic E-state index is 13.6. The van der Waals surface area contributed by atoms with Crippen molar-refractivity contribution >= 4 is 11.0 Å². The lowest BCUT2D eigenvalue weighted by molar-refractivity contribution is 0.412. The van der Waals surface area contributed by atoms with Crippen LogP contribution in [0, 0.1) is 5.82 Å². The number of para-hydroxylation sites is 2. The van der Waals surface area contributed by atoms with Crippen molar-refractivity contribution in [3.8, 4) is 11.4 Å². The summed E-state index contributed by atoms with van der Waals surface area (Å²) in [5.41, 5.74) is 0.145. The van der Waals surface area contributed by atoms with Gasteiger partial charge in [-0.15, -0.1) is 0 Å². The topological polar surface area (TPSA) is 66.1 Å². The monoisotopic (exact) mass is 377 g/mol. The molecular weight excluding hydrogens is 361 g/mol. The maximum atomic E-state index is 13.6. The number of ether oxygens (including phenoxy) is 1. The third-order valence-electron chi connectivity index (χ3n) is 4.45. The van der Waals surface area contributed by atoms with E-state index >= 15 is 0 Å². The Morgan fingerprint density at radius 2 is 1.86 bits per heavy atom. The molecule has 28 heavy (non-hydrogen) atoms. The Bertz CT molecular complexity index is 1290. The third-order valence-corrected chi connectivity index (χ3v) is 4.45. The molecule has 2 aromatic carbocycles. The highest BCUT2D eigenvalue weighted by Gasteiger charge is 2.18. The summed E-state index contributed by atoms with van der Waals surface area (Å²) in [6.07, 6.45) is 1.52. The molecule has 0 aliphatic heterocycles. The molecule has 2 aromatic heterocycles. The van der Waals surface area contributed by atoms with Crippen LogP contribution in [-0.4, -0.2) is 21.2 Å². The molecule has 0 amide bonds. The molecule has 0 N–H and O–H groups in total. The predicted molar refractivity (Wildman–Crippen MR) is 104 cm³/mol. The number of fused-ring (bicyclic) bond motifs is 1. The van der Waals surface area contributed by atoms with Crippen LogP contribution in [-0.2, 0) is 6.54 Å². The summed E-state index contributed by atoms with van der Waals surface area (Å²) in [6, 6.07) is 16.0. The number of hydrogen-bond donors (Lipinski definition) is 0. The Labute approximate surface area is 159 Å². The first kappa shape index (κ1) is 17.7. The van der Waals surface area contributed by atoms with E-state index in [0.717, 1.165) is 4.57 Å². The quantitative estimate of drug-likeness (QED) is 0.549. The van der Waals surface area contributed by atoms with E-state index in [4.69, 9.17) is 4.74 Å². The molecule has 0 bridgehead atoms. The summed E-state index contributed by atoms with van der Waals surface area (Å²) < 4.78 is 21.4. The number of hydrogen-bond acceptors (Lipinski definition) is 4. The Kier molecular flexibility index (Phi) is 4.49. The van der Waals surface area contributed by atoms with E-state index in [1.54, 1.807) is 42.5 Å². The lowest BCUT2D eigenvalue weighted by Gasteiger charge is -2.15. The van der Waals surface area contributed by atoms with Crippen molar-refractivity contribution in [2.75, 3.05) is 7.11 Å². The summed E-state index contributed by atoms with van der Waals surface area (Å²) in [6.45, 7) is -0.0601. The van der Waals surface area contributed by atoms with Crippen LogP contribution in [0.5, 0.6) is 5.75 Å². The second-order valence-corrected chi connectivity index (χ2v) is 6.19. The zero-order chi connectivity index (χ0) is 19.7. The number of benzene rings is 2. The average molecular weight is 377 g/mol. The van der Waals surface area contributed by atoms with Gasteiger partial charge in [0.1, 0.15) is 11.6 Å². The lowest BCUT2D eigenvalue weighted by Crippen LogP contribution is -2.40. The third kappa shape index (κ3) is 2.96. The van der Waals surface area contributed by atoms with Gasteiger partial charge in [-0.25, -0.2) is 18.7 Å². The van der Waals surface area contributed by atoms with Crippen molar-refractivity contribution in [1.82, 2.24) is 14.1 Å². The van der Waals surface area contributed by atoms with Crippen LogP contribution in [0.4, 0.5) is 4.39 Å². The van der Waals surface area contributed by atoms with Crippen molar-refractivity contribution in [1.29, 1.82) is 0 Å². The van der Waals surface area contributed by atoms with Gasteiger partial charge >= 0.3 is 5.69 Å². The van der Waals surface area contributed by atoms with Gasteiger partial charge in [-0.05, 0) is 42.0 Å². The minimum atomic E-state index is -0.579. The molecule has 4 aromatic rings. The second kappa shape index (κ2) is 7.11. The van der Waals surface area contributed by atoms with E-state index in [1.165, 1.54) is 36.1 Å². The normalized spacial score (nSPS) is 10.9. The summed E-state index contributed by atoms with van der Waals surface area (Å²) in [5, 5.41) is 0.282. The SMILES string of the molecule is COc1ccccc1-n1c(=O)n(Cc2cccc(F)c2)c(=O)c2cccnc21. The highest BCUT2D eigenvalue weighted by molar-refractivity contribution is 5.76. The number of aromatic nitrogens is 3. The number of nitrogens with zero attached hydrogens (tertiary/aromatic N) is 3. The first-order valence-corrected chi connectivity index (χ1v) is 8.58. The van der Waals surface area contributed by atoms with E-state index in [0.29, 0.717) is 17.0 Å². The van der Waals surface area contributed by atoms with Crippen LogP contribution in [0.2, 0.25) is 0 Å². The van der Waals surface area contributed by atoms with Crippen molar-refractivity contribution in [2.45, 2.75) is 6.54 Å². The molecule has 0 radical (unpaired) electrons. The highest BCUT2D eigenvalue weighted by Crippen LogP contribution is 2.22. The molecule has 0 aliphatic rings. The maximum Gasteiger partial charge on any atom is 0.337 e. The molecule has 0 saturated carbocycles. The molecule has 6 nitrogen and oxygen atoms in total. The molecule has 2 heterocycles. The zero-order valence-corrected chi connectivity index (χ0v) is 15.0. The Hall–Kier alpha value is -3.74. The molecule has 0 aliphatic carbocycles. The Morgan fingerprint density at radius 3 is 2.64 bits per heavy atom. The molecule has 140 valence electrons. The standard InChI is InChI=1S/C21H16FN3O3/c1-28-18-10-3-2-9-17(18)25-19-16(8-5-11-23-19)20(26)24(21(25)27)13-14-6-4-7-15(22)12-14/h2-12H,13H2,1H3. The molecule has 4 rings (SSSR count). The zero-order valence-electron chi connectivity index (χ0n) is 15.0. The van der Waals surface area contributed by atoms with Crippen molar-refractivity contribution in [3.63, 3.8) is 0 Å². The van der Waals surface area contributed by atoms with Crippen LogP contribution < -0.4 is 16.0 Å². The van der Waals surface area contributed by atoms with Gasteiger partial charge in [0.05, 0.1) is 24.7 Å². The van der Waals surface area contributed by atoms with E-state index in [9.17, 15) is 14.0 Å². The first-order valence-electron chi connectivity index (χ1n) is 8.58. The number of rotatable bonds is 4. The van der Waals surface area contributed by atoms with Gasteiger partial charge in [-0.2, -0.15) is 0 Å². The molecule has 0 atom stereocenters. The average Bonchev–Trinajstić information content (AvgIpc) is 2.72. The van der Waals surface area contributed by atoms with Crippen LogP contribution >= 0.6 is 0 Å². The van der Waals surface area contributed by atoms with Gasteiger partial charge in [0.2, 0.25) is 0 Å². The van der Waals surface area contributed by atoms with Crippen LogP contribution in [0.25, 0.3) is 16.7 Å². The van der Waals surface area contributed by atoms with E-state index in [1.807, 2.05) is 0 Å². The number of halogens is 1. The molecule has 0 fully saturated rings. The minimum absolute atomic E-state index is 0.0601. The predicted octanol–water partition coefficient (Wildman–Crippen LogP) is 2.74. The summed E-state index contributed by atoms with van der Waals surface area (Å²) in [7, 11) is 1.50. The van der Waals surface area contributed by atoms with Crippen molar-refractivity contribution in [3.05, 3.63) is 99.1 Å². The van der Waals surface area contributed by atoms with E-state index in [-0.39, 0.29) is 17.6 Å². The fraction of sp³-hybridized carbons (Fsp3) is 0.0952. The van der Waals surface area contributed by atoms with Gasteiger partial charge in [-0.1, -0.05) is 24.3 Å². The van der Waals surface area contributed by atoms with Crippen molar-refractivity contribution < 1.29 is 9.13 Å². The molecular formula is C21H16FN3O3. The fourth-order valence-electron chi connectivity index (χ4n) is 3.17. The first-order chi connectivity index (χ1) is 13.6. The van der Waals surface area contributed by atoms with Gasteiger partial charge in [0.15, 0.2) is 5.65 Å². The summed E-state index contributed by atoms with van der Waals surface area (Å²) in [4.78, 5) is 30.5. The Balaban J connectivity index is 2.05. The largest absolute Gasteiger partial charge is 0.495 e. The van der Waals surface area contributed by atoms with Gasteiger partial charge < -0.3 is 4.74 Å². The fourth-order valence-corrected chi connectivity index (χ4v) is 3.17. The molecule has 7 heteroatoms. The lowest BCUT2D eigenvalue weighted by atomic mass is 10.2. The van der Waals surface area contributed by atoms with Crippen molar-refractivity contribution in [2.24, 2.45) is 0 Å². The second-order valence-electron chi connectivity index (χ2n) is 6.19. The van der Waals surface area contributed by atoms with E-state index in [2.05, 4.69) is 4.98 Å². The molecule has 0 saturated heterocycles. The Morgan fingerprint density at radius 1 is 1.04 bits per heavy atom. The number of pyridine rings is 1. The summed E-state index contributed by atoms with van der Waals surface area (Å²) in [5.74, 6) is 0.0329. The van der Waals surface area contributed by atoms with Crippen LogP contribution in [0.15, 0.2) is 76.4 Å². The number of methoxy groups -OCH3 is 1. The van der Waals surface area contributed by atoms with Crippen LogP contribution in [0.3, 0.4) is 0 Å². The smallest absolute Gasteiger partial charge is 0.337 e. The molecule has 0 spiro atoms. The highest BCUT2D eigenvalue weighted by atomic mass is 19.1. The summed E-state index contributed by atoms with van der Waals surface area (Å²) >= 11 is 0. The minimum Gasteiger partial charge on any atom is -0.495 e. The van der Waals surface area contributed by atoms with Gasteiger partial charge in [0, 0.05) is 6.20 Å².